The van der Waals surface area contributed by atoms with Gasteiger partial charge in [-0.15, -0.1) is 0 Å². The summed E-state index contributed by atoms with van der Waals surface area (Å²) in [7, 11) is 5.88. The van der Waals surface area contributed by atoms with Crippen LogP contribution in [0.25, 0.3) is 0 Å². The largest absolute Gasteiger partial charge is 0.545 e. The maximum Gasteiger partial charge on any atom is 0.306 e. The molecule has 0 aliphatic heterocycles. The van der Waals surface area contributed by atoms with E-state index in [-0.39, 0.29) is 32.7 Å². The van der Waals surface area contributed by atoms with Crippen molar-refractivity contribution in [3.8, 4) is 0 Å². The third-order valence-corrected chi connectivity index (χ3v) is 11.0. The lowest BCUT2D eigenvalue weighted by molar-refractivity contribution is -0.870. The van der Waals surface area contributed by atoms with Gasteiger partial charge in [0.05, 0.1) is 40.3 Å². The summed E-state index contributed by atoms with van der Waals surface area (Å²) in [6, 6.07) is 0. The Kier molecular flexibility index (Phi) is 51.0. The standard InChI is InChI=1S/C66H101NO8/c1-6-8-10-12-14-16-18-20-22-24-26-28-30-31-32-33-35-37-39-41-43-45-47-49-51-53-55-57-64(69)75-62(61-74-66(65(70)71)72-59-58-67(3,4)5)60-73-63(68)56-54-52-50-48-46-44-42-40-38-36-34-29-27-25-23-21-19-17-15-13-11-9-7-2/h8-11,14-17,20-23,26-29,31-32,35-38,41-44,47,49,62,66H,6-7,12-13,18-19,24-25,30,33-34,39-40,45-46,48,50-61H2,1-5H3/b10-8-,11-9-,16-14-,17-15-,22-20-,23-21-,28-26-,29-27-,32-31-,37-35-,38-36-,43-41-,44-42-,49-47-. The van der Waals surface area contributed by atoms with Crippen LogP contribution in [0.5, 0.6) is 0 Å². The van der Waals surface area contributed by atoms with E-state index in [0.717, 1.165) is 128 Å². The zero-order valence-corrected chi connectivity index (χ0v) is 47.3. The number of hydrogen-bond acceptors (Lipinski definition) is 8. The summed E-state index contributed by atoms with van der Waals surface area (Å²) < 4.78 is 22.6. The lowest BCUT2D eigenvalue weighted by atomic mass is 10.1. The van der Waals surface area contributed by atoms with Crippen molar-refractivity contribution < 1.29 is 42.9 Å². The minimum absolute atomic E-state index is 0.123. The van der Waals surface area contributed by atoms with Gasteiger partial charge in [-0.05, 0) is 128 Å². The first kappa shape index (κ1) is 69.7. The van der Waals surface area contributed by atoms with Crippen molar-refractivity contribution in [2.45, 2.75) is 180 Å². The second kappa shape index (κ2) is 54.9. The second-order valence-corrected chi connectivity index (χ2v) is 19.1. The van der Waals surface area contributed by atoms with Crippen molar-refractivity contribution in [1.82, 2.24) is 0 Å². The number of quaternary nitrogens is 1. The minimum atomic E-state index is -1.65. The van der Waals surface area contributed by atoms with Gasteiger partial charge in [-0.2, -0.15) is 0 Å². The number of esters is 2. The molecule has 0 amide bonds. The molecule has 0 aliphatic rings. The number of carbonyl (C=O) groups is 3. The first-order valence-electron chi connectivity index (χ1n) is 28.3. The Morgan fingerprint density at radius 2 is 0.720 bits per heavy atom. The molecule has 2 atom stereocenters. The number of hydrogen-bond donors (Lipinski definition) is 0. The topological polar surface area (TPSA) is 111 Å². The van der Waals surface area contributed by atoms with Crippen molar-refractivity contribution in [1.29, 1.82) is 0 Å². The Labute approximate surface area is 457 Å². The lowest BCUT2D eigenvalue weighted by Crippen LogP contribution is -2.44. The van der Waals surface area contributed by atoms with Crippen LogP contribution in [0.15, 0.2) is 170 Å². The first-order chi connectivity index (χ1) is 36.6. The Hall–Kier alpha value is -5.35. The Bertz CT molecular complexity index is 1830. The molecule has 9 heteroatoms. The molecule has 0 spiro atoms. The molecular weight excluding hydrogens is 935 g/mol. The van der Waals surface area contributed by atoms with Gasteiger partial charge in [-0.3, -0.25) is 9.59 Å². The molecular formula is C66H101NO8. The van der Waals surface area contributed by atoms with Gasteiger partial charge in [0.2, 0.25) is 0 Å². The number of ether oxygens (including phenoxy) is 4. The Balaban J connectivity index is 4.48. The van der Waals surface area contributed by atoms with Gasteiger partial charge < -0.3 is 33.3 Å². The summed E-state index contributed by atoms with van der Waals surface area (Å²) in [6.07, 6.45) is 79.7. The van der Waals surface area contributed by atoms with E-state index < -0.39 is 30.3 Å². The van der Waals surface area contributed by atoms with E-state index >= 15 is 0 Å². The summed E-state index contributed by atoms with van der Waals surface area (Å²) in [4.78, 5) is 37.3. The molecule has 0 rings (SSSR count). The highest BCUT2D eigenvalue weighted by atomic mass is 16.7. The molecule has 9 nitrogen and oxygen atoms in total. The SMILES string of the molecule is CC/C=C\C/C=C\C/C=C\C/C=C\C/C=C\C/C=C\C/C=C\C/C=C\CCCCC(=O)OC(COC(=O)CCCCCC/C=C\C/C=C\C/C=C\C/C=C\C/C=C\C/C=C\CC)COC(OCC[N+](C)(C)C)C(=O)[O-]. The lowest BCUT2D eigenvalue weighted by Gasteiger charge is -2.26. The molecule has 0 aliphatic carbocycles. The third-order valence-electron chi connectivity index (χ3n) is 11.0. The number of rotatable bonds is 49. The summed E-state index contributed by atoms with van der Waals surface area (Å²) in [5.74, 6) is -2.41. The highest BCUT2D eigenvalue weighted by Crippen LogP contribution is 2.11. The quantitative estimate of drug-likeness (QED) is 0.0195. The van der Waals surface area contributed by atoms with Crippen molar-refractivity contribution in [3.63, 3.8) is 0 Å². The van der Waals surface area contributed by atoms with Crippen LogP contribution in [0.1, 0.15) is 168 Å². The number of unbranched alkanes of at least 4 members (excludes halogenated alkanes) is 6. The van der Waals surface area contributed by atoms with Gasteiger partial charge in [0.1, 0.15) is 13.2 Å². The fourth-order valence-corrected chi connectivity index (χ4v) is 6.67. The van der Waals surface area contributed by atoms with Crippen LogP contribution in [0.2, 0.25) is 0 Å². The molecule has 75 heavy (non-hydrogen) atoms. The molecule has 0 aromatic rings. The van der Waals surface area contributed by atoms with Crippen LogP contribution in [-0.4, -0.2) is 82.3 Å². The molecule has 0 bridgehead atoms. The van der Waals surface area contributed by atoms with Gasteiger partial charge in [-0.1, -0.05) is 197 Å². The van der Waals surface area contributed by atoms with Crippen LogP contribution in [-0.2, 0) is 33.3 Å². The third kappa shape index (κ3) is 56.2. The van der Waals surface area contributed by atoms with Gasteiger partial charge in [-0.25, -0.2) is 0 Å². The van der Waals surface area contributed by atoms with Crippen LogP contribution in [0, 0.1) is 0 Å². The number of carboxylic acids is 1. The summed E-state index contributed by atoms with van der Waals surface area (Å²) in [5.41, 5.74) is 0. The van der Waals surface area contributed by atoms with Crippen molar-refractivity contribution >= 4 is 17.9 Å². The summed E-state index contributed by atoms with van der Waals surface area (Å²) >= 11 is 0. The average Bonchev–Trinajstić information content (AvgIpc) is 3.38. The highest BCUT2D eigenvalue weighted by Gasteiger charge is 2.21. The molecule has 0 saturated heterocycles. The van der Waals surface area contributed by atoms with E-state index in [1.807, 2.05) is 21.1 Å². The number of carboxylic acid groups (broad SMARTS) is 1. The van der Waals surface area contributed by atoms with Crippen molar-refractivity contribution in [2.75, 3.05) is 47.5 Å². The van der Waals surface area contributed by atoms with Gasteiger partial charge in [0, 0.05) is 12.8 Å². The molecule has 0 radical (unpaired) electrons. The predicted octanol–water partition coefficient (Wildman–Crippen LogP) is 15.4. The molecule has 2 unspecified atom stereocenters. The normalized spacial score (nSPS) is 14.1. The summed E-state index contributed by atoms with van der Waals surface area (Å²) in [5, 5.41) is 11.8. The number of carbonyl (C=O) groups excluding carboxylic acids is 3. The van der Waals surface area contributed by atoms with E-state index in [4.69, 9.17) is 18.9 Å². The maximum absolute atomic E-state index is 12.8. The van der Waals surface area contributed by atoms with Gasteiger partial charge in [0.15, 0.2) is 12.4 Å². The molecule has 0 N–H and O–H groups in total. The zero-order chi connectivity index (χ0) is 54.8. The second-order valence-electron chi connectivity index (χ2n) is 19.1. The van der Waals surface area contributed by atoms with Crippen molar-refractivity contribution in [3.05, 3.63) is 170 Å². The molecule has 0 aromatic carbocycles. The maximum atomic E-state index is 12.8. The van der Waals surface area contributed by atoms with Crippen LogP contribution in [0.4, 0.5) is 0 Å². The zero-order valence-electron chi connectivity index (χ0n) is 47.3. The molecule has 0 fully saturated rings. The van der Waals surface area contributed by atoms with Crippen LogP contribution in [0.3, 0.4) is 0 Å². The number of nitrogens with zero attached hydrogens (tertiary/aromatic N) is 1. The van der Waals surface area contributed by atoms with E-state index in [0.29, 0.717) is 23.9 Å². The monoisotopic (exact) mass is 1040 g/mol. The highest BCUT2D eigenvalue weighted by molar-refractivity contribution is 5.70. The van der Waals surface area contributed by atoms with E-state index in [1.54, 1.807) is 0 Å². The average molecular weight is 1040 g/mol. The fraction of sp³-hybridized carbons (Fsp3) is 0.530. The van der Waals surface area contributed by atoms with Gasteiger partial charge in [0.25, 0.3) is 0 Å². The van der Waals surface area contributed by atoms with E-state index in [2.05, 4.69) is 184 Å². The van der Waals surface area contributed by atoms with Crippen LogP contribution >= 0.6 is 0 Å². The molecule has 0 aromatic heterocycles. The number of allylic oxidation sites excluding steroid dienone is 28. The Morgan fingerprint density at radius 1 is 0.400 bits per heavy atom. The smallest absolute Gasteiger partial charge is 0.306 e. The van der Waals surface area contributed by atoms with Crippen molar-refractivity contribution in [2.24, 2.45) is 0 Å². The minimum Gasteiger partial charge on any atom is -0.545 e. The predicted molar refractivity (Wildman–Crippen MR) is 315 cm³/mol. The fourth-order valence-electron chi connectivity index (χ4n) is 6.67. The number of aliphatic carboxylic acids is 1. The molecule has 0 heterocycles. The van der Waals surface area contributed by atoms with E-state index in [9.17, 15) is 19.5 Å². The summed E-state index contributed by atoms with van der Waals surface area (Å²) in [6.45, 7) is 4.39. The van der Waals surface area contributed by atoms with Gasteiger partial charge >= 0.3 is 11.9 Å². The first-order valence-corrected chi connectivity index (χ1v) is 28.3. The molecule has 0 saturated carbocycles. The van der Waals surface area contributed by atoms with Crippen LogP contribution < -0.4 is 5.11 Å². The molecule has 418 valence electrons. The van der Waals surface area contributed by atoms with E-state index in [1.165, 1.54) is 0 Å². The Morgan fingerprint density at radius 3 is 1.08 bits per heavy atom. The number of likely N-dealkylation sites (N-methyl/N-ethyl adjacent to an activating group) is 1.